The van der Waals surface area contributed by atoms with Gasteiger partial charge in [-0.1, -0.05) is 18.2 Å². The number of ether oxygens (including phenoxy) is 1. The number of carbonyl (C=O) groups is 2. The Bertz CT molecular complexity index is 663. The van der Waals surface area contributed by atoms with Crippen LogP contribution < -0.4 is 4.74 Å². The first-order valence-electron chi connectivity index (χ1n) is 6.51. The van der Waals surface area contributed by atoms with Crippen molar-refractivity contribution in [3.05, 3.63) is 51.7 Å². The van der Waals surface area contributed by atoms with Gasteiger partial charge in [0.15, 0.2) is 5.78 Å². The fourth-order valence-corrected chi connectivity index (χ4v) is 2.89. The first-order valence-corrected chi connectivity index (χ1v) is 7.32. The average molecular weight is 303 g/mol. The molecule has 0 unspecified atom stereocenters. The number of benzene rings is 1. The molecular weight excluding hydrogens is 286 g/mol. The lowest BCUT2D eigenvalue weighted by Crippen LogP contribution is -2.25. The lowest BCUT2D eigenvalue weighted by Gasteiger charge is -2.18. The number of ketones is 1. The van der Waals surface area contributed by atoms with Gasteiger partial charge < -0.3 is 9.64 Å². The van der Waals surface area contributed by atoms with Crippen molar-refractivity contribution in [1.82, 2.24) is 4.90 Å². The van der Waals surface area contributed by atoms with Gasteiger partial charge in [-0.2, -0.15) is 0 Å². The molecule has 0 atom stereocenters. The second-order valence-electron chi connectivity index (χ2n) is 4.69. The Labute approximate surface area is 128 Å². The summed E-state index contributed by atoms with van der Waals surface area (Å²) < 4.78 is 5.29. The maximum atomic E-state index is 12.4. The first kappa shape index (κ1) is 15.3. The molecule has 0 spiro atoms. The number of carbonyl (C=O) groups excluding carboxylic acids is 2. The van der Waals surface area contributed by atoms with Crippen molar-refractivity contribution in [3.63, 3.8) is 0 Å². The molecule has 0 fully saturated rings. The van der Waals surface area contributed by atoms with Crippen LogP contribution >= 0.6 is 11.3 Å². The van der Waals surface area contributed by atoms with Crippen molar-refractivity contribution in [2.45, 2.75) is 13.5 Å². The van der Waals surface area contributed by atoms with E-state index in [1.165, 1.54) is 18.3 Å². The summed E-state index contributed by atoms with van der Waals surface area (Å²) in [6.45, 7) is 1.95. The number of Topliss-reactive ketones (excluding diaryl/α,β-unsaturated/α-hetero) is 1. The van der Waals surface area contributed by atoms with E-state index in [9.17, 15) is 9.59 Å². The van der Waals surface area contributed by atoms with E-state index in [1.54, 1.807) is 31.2 Å². The molecule has 1 aromatic carbocycles. The number of amides is 1. The number of hydrogen-bond donors (Lipinski definition) is 0. The predicted molar refractivity (Wildman–Crippen MR) is 83.1 cm³/mol. The third-order valence-corrected chi connectivity index (χ3v) is 4.28. The van der Waals surface area contributed by atoms with E-state index in [1.807, 2.05) is 24.3 Å². The minimum atomic E-state index is -0.0987. The Morgan fingerprint density at radius 1 is 1.14 bits per heavy atom. The van der Waals surface area contributed by atoms with Gasteiger partial charge in [-0.05, 0) is 25.1 Å². The predicted octanol–water partition coefficient (Wildman–Crippen LogP) is 3.23. The largest absolute Gasteiger partial charge is 0.496 e. The molecule has 0 bridgehead atoms. The molecule has 0 aliphatic rings. The van der Waals surface area contributed by atoms with Gasteiger partial charge in [0.2, 0.25) is 0 Å². The Hall–Kier alpha value is -2.14. The Morgan fingerprint density at radius 2 is 1.81 bits per heavy atom. The van der Waals surface area contributed by atoms with E-state index >= 15 is 0 Å². The van der Waals surface area contributed by atoms with Crippen molar-refractivity contribution in [1.29, 1.82) is 0 Å². The highest BCUT2D eigenvalue weighted by Crippen LogP contribution is 2.22. The number of thiophene rings is 1. The van der Waals surface area contributed by atoms with Crippen molar-refractivity contribution in [2.75, 3.05) is 14.2 Å². The molecule has 21 heavy (non-hydrogen) atoms. The van der Waals surface area contributed by atoms with Crippen LogP contribution in [0.1, 0.15) is 31.8 Å². The Balaban J connectivity index is 2.13. The van der Waals surface area contributed by atoms with Crippen molar-refractivity contribution in [2.24, 2.45) is 0 Å². The van der Waals surface area contributed by atoms with Crippen molar-refractivity contribution < 1.29 is 14.3 Å². The smallest absolute Gasteiger partial charge is 0.263 e. The van der Waals surface area contributed by atoms with E-state index < -0.39 is 0 Å². The van der Waals surface area contributed by atoms with E-state index in [2.05, 4.69) is 0 Å². The van der Waals surface area contributed by atoms with Crippen LogP contribution in [0.4, 0.5) is 0 Å². The zero-order valence-electron chi connectivity index (χ0n) is 12.3. The van der Waals surface area contributed by atoms with Gasteiger partial charge in [0.25, 0.3) is 5.91 Å². The summed E-state index contributed by atoms with van der Waals surface area (Å²) in [6, 6.07) is 11.0. The molecule has 1 aromatic heterocycles. The van der Waals surface area contributed by atoms with Gasteiger partial charge in [0, 0.05) is 19.2 Å². The normalized spacial score (nSPS) is 10.2. The number of hydrogen-bond acceptors (Lipinski definition) is 4. The molecule has 1 amide bonds. The fraction of sp³-hybridized carbons (Fsp3) is 0.250. The number of para-hydroxylation sites is 1. The number of rotatable bonds is 5. The number of nitrogens with zero attached hydrogens (tertiary/aromatic N) is 1. The molecule has 2 rings (SSSR count). The Morgan fingerprint density at radius 3 is 2.43 bits per heavy atom. The maximum Gasteiger partial charge on any atom is 0.263 e. The van der Waals surface area contributed by atoms with Crippen LogP contribution in [0.2, 0.25) is 0 Å². The minimum Gasteiger partial charge on any atom is -0.496 e. The van der Waals surface area contributed by atoms with Gasteiger partial charge in [0.05, 0.1) is 16.9 Å². The fourth-order valence-electron chi connectivity index (χ4n) is 1.99. The zero-order chi connectivity index (χ0) is 15.4. The molecule has 0 aliphatic heterocycles. The monoisotopic (exact) mass is 303 g/mol. The molecule has 0 N–H and O–H groups in total. The molecule has 4 nitrogen and oxygen atoms in total. The zero-order valence-corrected chi connectivity index (χ0v) is 13.1. The second-order valence-corrected chi connectivity index (χ2v) is 5.78. The minimum absolute atomic E-state index is 0.0218. The summed E-state index contributed by atoms with van der Waals surface area (Å²) in [5, 5.41) is 0. The van der Waals surface area contributed by atoms with Gasteiger partial charge in [-0.25, -0.2) is 0 Å². The van der Waals surface area contributed by atoms with Gasteiger partial charge in [-0.3, -0.25) is 9.59 Å². The third-order valence-electron chi connectivity index (χ3n) is 3.11. The van der Waals surface area contributed by atoms with E-state index in [0.717, 1.165) is 11.3 Å². The standard InChI is InChI=1S/C16H17NO3S/c1-11(18)14-8-9-15(21-14)16(19)17(2)10-12-6-4-5-7-13(12)20-3/h4-9H,10H2,1-3H3. The molecule has 0 aliphatic carbocycles. The topological polar surface area (TPSA) is 46.6 Å². The SMILES string of the molecule is COc1ccccc1CN(C)C(=O)c1ccc(C(C)=O)s1. The highest BCUT2D eigenvalue weighted by Gasteiger charge is 2.16. The summed E-state index contributed by atoms with van der Waals surface area (Å²) in [5.74, 6) is 0.637. The maximum absolute atomic E-state index is 12.4. The first-order chi connectivity index (χ1) is 10.0. The van der Waals surface area contributed by atoms with Crippen LogP contribution in [-0.2, 0) is 6.54 Å². The number of methoxy groups -OCH3 is 1. The molecule has 5 heteroatoms. The van der Waals surface area contributed by atoms with E-state index in [4.69, 9.17) is 4.74 Å². The highest BCUT2D eigenvalue weighted by molar-refractivity contribution is 7.15. The average Bonchev–Trinajstić information content (AvgIpc) is 2.97. The third kappa shape index (κ3) is 3.49. The van der Waals surface area contributed by atoms with Gasteiger partial charge >= 0.3 is 0 Å². The van der Waals surface area contributed by atoms with Gasteiger partial charge in [0.1, 0.15) is 5.75 Å². The van der Waals surface area contributed by atoms with Crippen LogP contribution in [0.25, 0.3) is 0 Å². The van der Waals surface area contributed by atoms with E-state index in [0.29, 0.717) is 16.3 Å². The molecule has 110 valence electrons. The molecule has 1 heterocycles. The molecule has 0 saturated heterocycles. The highest BCUT2D eigenvalue weighted by atomic mass is 32.1. The van der Waals surface area contributed by atoms with Crippen LogP contribution in [0, 0.1) is 0 Å². The summed E-state index contributed by atoms with van der Waals surface area (Å²) in [5.41, 5.74) is 0.944. The second kappa shape index (κ2) is 6.54. The lowest BCUT2D eigenvalue weighted by atomic mass is 10.2. The Kier molecular flexibility index (Phi) is 4.75. The lowest BCUT2D eigenvalue weighted by molar-refractivity contribution is 0.0789. The molecular formula is C16H17NO3S. The van der Waals surface area contributed by atoms with Crippen LogP contribution in [0.15, 0.2) is 36.4 Å². The van der Waals surface area contributed by atoms with Crippen LogP contribution in [0.3, 0.4) is 0 Å². The molecule has 0 saturated carbocycles. The molecule has 0 radical (unpaired) electrons. The van der Waals surface area contributed by atoms with E-state index in [-0.39, 0.29) is 11.7 Å². The summed E-state index contributed by atoms with van der Waals surface area (Å²) >= 11 is 1.23. The summed E-state index contributed by atoms with van der Waals surface area (Å²) in [4.78, 5) is 26.5. The quantitative estimate of drug-likeness (QED) is 0.797. The van der Waals surface area contributed by atoms with Crippen molar-refractivity contribution >= 4 is 23.0 Å². The van der Waals surface area contributed by atoms with Crippen LogP contribution in [0.5, 0.6) is 5.75 Å². The summed E-state index contributed by atoms with van der Waals surface area (Å²) in [6.07, 6.45) is 0. The molecule has 2 aromatic rings. The van der Waals surface area contributed by atoms with Crippen LogP contribution in [-0.4, -0.2) is 30.7 Å². The summed E-state index contributed by atoms with van der Waals surface area (Å²) in [7, 11) is 3.35. The van der Waals surface area contributed by atoms with Gasteiger partial charge in [-0.15, -0.1) is 11.3 Å². The van der Waals surface area contributed by atoms with Crippen molar-refractivity contribution in [3.8, 4) is 5.75 Å².